The average Bonchev–Trinajstić information content (AvgIpc) is 2.58. The molecule has 5 atom stereocenters. The fraction of sp³-hybridized carbons (Fsp3) is 1.00. The highest BCUT2D eigenvalue weighted by atomic mass is 32.2. The van der Waals surface area contributed by atoms with Gasteiger partial charge in [-0.2, -0.15) is 0 Å². The maximum atomic E-state index is 10.5. The van der Waals surface area contributed by atoms with Crippen molar-refractivity contribution in [3.63, 3.8) is 0 Å². The van der Waals surface area contributed by atoms with E-state index in [-0.39, 0.29) is 0 Å². The molecule has 2 aliphatic rings. The standard InChI is InChI=1S/C11H20O4S/c1-5-16-8-7(12)11(14)9(3,4)10(11,13)6(2)15-8/h6-8,12-14H,5H2,1-4H3/t6-,7+,8?,10+,11+/m1/s1. The summed E-state index contributed by atoms with van der Waals surface area (Å²) in [5.74, 6) is 0.795. The first-order valence-corrected chi connectivity index (χ1v) is 6.70. The average molecular weight is 248 g/mol. The van der Waals surface area contributed by atoms with Crippen LogP contribution in [-0.4, -0.2) is 49.9 Å². The summed E-state index contributed by atoms with van der Waals surface area (Å²) in [5, 5.41) is 31.0. The lowest BCUT2D eigenvalue weighted by Crippen LogP contribution is -2.55. The molecule has 0 aromatic carbocycles. The molecular weight excluding hydrogens is 228 g/mol. The molecule has 1 saturated heterocycles. The Morgan fingerprint density at radius 1 is 1.25 bits per heavy atom. The van der Waals surface area contributed by atoms with E-state index in [1.807, 2.05) is 6.92 Å². The Morgan fingerprint density at radius 3 is 2.31 bits per heavy atom. The van der Waals surface area contributed by atoms with Gasteiger partial charge in [0.05, 0.1) is 6.10 Å². The van der Waals surface area contributed by atoms with E-state index in [2.05, 4.69) is 0 Å². The van der Waals surface area contributed by atoms with Crippen molar-refractivity contribution >= 4 is 11.8 Å². The number of hydrogen-bond acceptors (Lipinski definition) is 5. The molecule has 0 aromatic heterocycles. The second-order valence-corrected chi connectivity index (χ2v) is 6.58. The third-order valence-electron chi connectivity index (χ3n) is 4.37. The number of fused-ring (bicyclic) bond motifs is 1. The predicted octanol–water partition coefficient (Wildman–Crippen LogP) is 0.347. The molecule has 0 spiro atoms. The van der Waals surface area contributed by atoms with E-state index in [1.165, 1.54) is 11.8 Å². The van der Waals surface area contributed by atoms with Gasteiger partial charge in [-0.05, 0) is 12.7 Å². The van der Waals surface area contributed by atoms with Gasteiger partial charge < -0.3 is 20.1 Å². The van der Waals surface area contributed by atoms with E-state index in [9.17, 15) is 15.3 Å². The second-order valence-electron chi connectivity index (χ2n) is 5.20. The van der Waals surface area contributed by atoms with Crippen LogP contribution in [0.4, 0.5) is 0 Å². The number of thioether (sulfide) groups is 1. The lowest BCUT2D eigenvalue weighted by molar-refractivity contribution is -0.192. The summed E-state index contributed by atoms with van der Waals surface area (Å²) in [7, 11) is 0. The van der Waals surface area contributed by atoms with E-state index < -0.39 is 34.3 Å². The molecule has 1 heterocycles. The van der Waals surface area contributed by atoms with Crippen molar-refractivity contribution in [1.29, 1.82) is 0 Å². The van der Waals surface area contributed by atoms with Crippen molar-refractivity contribution in [3.8, 4) is 0 Å². The maximum Gasteiger partial charge on any atom is 0.134 e. The second kappa shape index (κ2) is 3.36. The molecule has 1 unspecified atom stereocenters. The highest BCUT2D eigenvalue weighted by Crippen LogP contribution is 2.71. The molecule has 1 saturated carbocycles. The molecule has 3 N–H and O–H groups in total. The van der Waals surface area contributed by atoms with Crippen LogP contribution >= 0.6 is 11.8 Å². The smallest absolute Gasteiger partial charge is 0.134 e. The summed E-state index contributed by atoms with van der Waals surface area (Å²) in [6.07, 6.45) is -1.52. The molecule has 1 aliphatic carbocycles. The van der Waals surface area contributed by atoms with Crippen molar-refractivity contribution in [2.45, 2.75) is 56.5 Å². The third-order valence-corrected chi connectivity index (χ3v) is 5.40. The lowest BCUT2D eigenvalue weighted by atomic mass is 10.0. The van der Waals surface area contributed by atoms with Gasteiger partial charge in [-0.25, -0.2) is 0 Å². The van der Waals surface area contributed by atoms with Gasteiger partial charge >= 0.3 is 0 Å². The first-order valence-electron chi connectivity index (χ1n) is 5.65. The van der Waals surface area contributed by atoms with Crippen LogP contribution in [-0.2, 0) is 4.74 Å². The predicted molar refractivity (Wildman–Crippen MR) is 62.2 cm³/mol. The van der Waals surface area contributed by atoms with E-state index in [1.54, 1.807) is 20.8 Å². The van der Waals surface area contributed by atoms with E-state index in [4.69, 9.17) is 4.74 Å². The molecule has 5 heteroatoms. The van der Waals surface area contributed by atoms with Crippen LogP contribution in [0.15, 0.2) is 0 Å². The van der Waals surface area contributed by atoms with Gasteiger partial charge in [0.2, 0.25) is 0 Å². The molecule has 2 fully saturated rings. The van der Waals surface area contributed by atoms with Crippen molar-refractivity contribution in [2.24, 2.45) is 5.41 Å². The van der Waals surface area contributed by atoms with Crippen LogP contribution in [0.3, 0.4) is 0 Å². The van der Waals surface area contributed by atoms with E-state index in [0.29, 0.717) is 0 Å². The monoisotopic (exact) mass is 248 g/mol. The van der Waals surface area contributed by atoms with Crippen molar-refractivity contribution < 1.29 is 20.1 Å². The topological polar surface area (TPSA) is 69.9 Å². The Morgan fingerprint density at radius 2 is 1.81 bits per heavy atom. The minimum atomic E-state index is -1.45. The van der Waals surface area contributed by atoms with E-state index >= 15 is 0 Å². The molecule has 2 rings (SSSR count). The number of aliphatic hydroxyl groups is 3. The zero-order valence-electron chi connectivity index (χ0n) is 10.1. The minimum Gasteiger partial charge on any atom is -0.386 e. The Hall–Kier alpha value is 0.190. The summed E-state index contributed by atoms with van der Waals surface area (Å²) in [4.78, 5) is 0. The third kappa shape index (κ3) is 1.06. The molecule has 4 nitrogen and oxygen atoms in total. The van der Waals surface area contributed by atoms with Gasteiger partial charge in [-0.1, -0.05) is 20.8 Å². The quantitative estimate of drug-likeness (QED) is 0.658. The van der Waals surface area contributed by atoms with Gasteiger partial charge in [-0.3, -0.25) is 0 Å². The Kier molecular flexibility index (Phi) is 2.65. The highest BCUT2D eigenvalue weighted by Gasteiger charge is 2.89. The highest BCUT2D eigenvalue weighted by molar-refractivity contribution is 7.99. The molecule has 16 heavy (non-hydrogen) atoms. The van der Waals surface area contributed by atoms with Crippen LogP contribution in [0.5, 0.6) is 0 Å². The van der Waals surface area contributed by atoms with Crippen LogP contribution in [0.1, 0.15) is 27.7 Å². The maximum absolute atomic E-state index is 10.5. The zero-order valence-corrected chi connectivity index (χ0v) is 10.9. The molecule has 1 aliphatic heterocycles. The Bertz CT molecular complexity index is 308. The van der Waals surface area contributed by atoms with Gasteiger partial charge in [-0.15, -0.1) is 11.8 Å². The zero-order chi connectivity index (χ0) is 12.4. The van der Waals surface area contributed by atoms with Gasteiger partial charge in [0.25, 0.3) is 0 Å². The van der Waals surface area contributed by atoms with Crippen LogP contribution in [0.2, 0.25) is 0 Å². The van der Waals surface area contributed by atoms with Gasteiger partial charge in [0, 0.05) is 5.41 Å². The fourth-order valence-corrected chi connectivity index (χ4v) is 4.13. The summed E-state index contributed by atoms with van der Waals surface area (Å²) < 4.78 is 5.60. The van der Waals surface area contributed by atoms with Crippen LogP contribution in [0.25, 0.3) is 0 Å². The molecular formula is C11H20O4S. The molecule has 0 bridgehead atoms. The fourth-order valence-electron chi connectivity index (χ4n) is 3.18. The molecule has 94 valence electrons. The minimum absolute atomic E-state index is 0.466. The first kappa shape index (κ1) is 12.6. The summed E-state index contributed by atoms with van der Waals surface area (Å²) in [6, 6.07) is 0. The van der Waals surface area contributed by atoms with Gasteiger partial charge in [0.1, 0.15) is 22.7 Å². The summed E-state index contributed by atoms with van der Waals surface area (Å²) in [5.41, 5.74) is -4.00. The van der Waals surface area contributed by atoms with Crippen LogP contribution in [0, 0.1) is 5.41 Å². The molecule has 0 amide bonds. The number of rotatable bonds is 2. The van der Waals surface area contributed by atoms with E-state index in [0.717, 1.165) is 5.75 Å². The molecule has 0 radical (unpaired) electrons. The number of ether oxygens (including phenoxy) is 1. The van der Waals surface area contributed by atoms with Gasteiger partial charge in [0.15, 0.2) is 0 Å². The normalized spacial score (nSPS) is 54.6. The van der Waals surface area contributed by atoms with Crippen molar-refractivity contribution in [1.82, 2.24) is 0 Å². The summed E-state index contributed by atoms with van der Waals surface area (Å²) >= 11 is 1.45. The largest absolute Gasteiger partial charge is 0.386 e. The Balaban J connectivity index is 2.32. The Labute approximate surface area is 100.0 Å². The lowest BCUT2D eigenvalue weighted by Gasteiger charge is -2.38. The number of aliphatic hydroxyl groups excluding tert-OH is 1. The van der Waals surface area contributed by atoms with Crippen molar-refractivity contribution in [3.05, 3.63) is 0 Å². The number of hydrogen-bond donors (Lipinski definition) is 3. The SMILES string of the molecule is CCSC1O[C@H](C)[C@]2(O)C(C)(C)[C@@]2(O)[C@H]1O. The first-order chi connectivity index (χ1) is 7.25. The van der Waals surface area contributed by atoms with Crippen molar-refractivity contribution in [2.75, 3.05) is 5.75 Å². The summed E-state index contributed by atoms with van der Waals surface area (Å²) in [6.45, 7) is 7.23. The molecule has 0 aromatic rings. The van der Waals surface area contributed by atoms with Crippen LogP contribution < -0.4 is 0 Å².